The van der Waals surface area contributed by atoms with E-state index in [1.54, 1.807) is 7.11 Å². The predicted octanol–water partition coefficient (Wildman–Crippen LogP) is 0.953. The Balaban J connectivity index is 3.21. The van der Waals surface area contributed by atoms with Gasteiger partial charge < -0.3 is 15.0 Å². The lowest BCUT2D eigenvalue weighted by Gasteiger charge is -2.17. The maximum absolute atomic E-state index is 5.01. The van der Waals surface area contributed by atoms with Crippen LogP contribution in [0.5, 0.6) is 0 Å². The summed E-state index contributed by atoms with van der Waals surface area (Å²) in [7, 11) is 3.89. The molecule has 13 heavy (non-hydrogen) atoms. The Kier molecular flexibility index (Phi) is 8.40. The van der Waals surface area contributed by atoms with E-state index >= 15 is 0 Å². The first-order chi connectivity index (χ1) is 6.20. The third kappa shape index (κ3) is 8.22. The van der Waals surface area contributed by atoms with Crippen LogP contribution in [-0.4, -0.2) is 51.3 Å². The van der Waals surface area contributed by atoms with E-state index in [1.807, 2.05) is 0 Å². The molecule has 0 aromatic heterocycles. The zero-order valence-corrected chi connectivity index (χ0v) is 9.47. The molecule has 0 rings (SSSR count). The van der Waals surface area contributed by atoms with Gasteiger partial charge in [0.1, 0.15) is 0 Å². The Hall–Kier alpha value is -0.120. The number of nitrogens with zero attached hydrogens (tertiary/aromatic N) is 1. The largest absolute Gasteiger partial charge is 0.385 e. The fourth-order valence-corrected chi connectivity index (χ4v) is 1.06. The summed E-state index contributed by atoms with van der Waals surface area (Å²) >= 11 is 0. The smallest absolute Gasteiger partial charge is 0.0476 e. The van der Waals surface area contributed by atoms with Crippen LogP contribution in [0, 0.1) is 0 Å². The molecular formula is C10H24N2O. The molecule has 0 saturated heterocycles. The zero-order chi connectivity index (χ0) is 10.1. The molecule has 0 spiro atoms. The number of methoxy groups -OCH3 is 1. The first-order valence-corrected chi connectivity index (χ1v) is 5.11. The van der Waals surface area contributed by atoms with Gasteiger partial charge >= 0.3 is 0 Å². The second-order valence-electron chi connectivity index (χ2n) is 3.53. The van der Waals surface area contributed by atoms with Crippen LogP contribution in [0.15, 0.2) is 0 Å². The molecule has 0 aliphatic carbocycles. The average molecular weight is 188 g/mol. The van der Waals surface area contributed by atoms with Crippen LogP contribution in [0.2, 0.25) is 0 Å². The molecule has 1 unspecified atom stereocenters. The van der Waals surface area contributed by atoms with Gasteiger partial charge in [-0.2, -0.15) is 0 Å². The van der Waals surface area contributed by atoms with Gasteiger partial charge in [0, 0.05) is 32.8 Å². The average Bonchev–Trinajstić information content (AvgIpc) is 2.14. The summed E-state index contributed by atoms with van der Waals surface area (Å²) in [6.45, 7) is 8.52. The van der Waals surface area contributed by atoms with Gasteiger partial charge in [-0.1, -0.05) is 6.92 Å². The van der Waals surface area contributed by atoms with E-state index < -0.39 is 0 Å². The minimum absolute atomic E-state index is 0.560. The van der Waals surface area contributed by atoms with Crippen LogP contribution < -0.4 is 5.32 Å². The Morgan fingerprint density at radius 3 is 2.69 bits per heavy atom. The Labute approximate surface area is 82.4 Å². The van der Waals surface area contributed by atoms with Crippen LogP contribution >= 0.6 is 0 Å². The third-order valence-corrected chi connectivity index (χ3v) is 2.28. The lowest BCUT2D eigenvalue weighted by Crippen LogP contribution is -2.34. The molecule has 0 aromatic rings. The highest BCUT2D eigenvalue weighted by molar-refractivity contribution is 4.61. The highest BCUT2D eigenvalue weighted by Gasteiger charge is 2.00. The molecule has 3 heteroatoms. The third-order valence-electron chi connectivity index (χ3n) is 2.28. The van der Waals surface area contributed by atoms with Crippen LogP contribution in [0.4, 0.5) is 0 Å². The van der Waals surface area contributed by atoms with Gasteiger partial charge in [-0.3, -0.25) is 0 Å². The molecule has 0 fully saturated rings. The van der Waals surface area contributed by atoms with Gasteiger partial charge in [0.05, 0.1) is 0 Å². The molecule has 1 atom stereocenters. The molecule has 80 valence electrons. The lowest BCUT2D eigenvalue weighted by atomic mass is 10.2. The van der Waals surface area contributed by atoms with Crippen LogP contribution in [0.1, 0.15) is 20.3 Å². The normalized spacial score (nSPS) is 13.6. The van der Waals surface area contributed by atoms with Crippen molar-refractivity contribution >= 4 is 0 Å². The van der Waals surface area contributed by atoms with Gasteiger partial charge in [-0.15, -0.1) is 0 Å². The number of nitrogens with one attached hydrogen (secondary N) is 1. The second-order valence-corrected chi connectivity index (χ2v) is 3.53. The zero-order valence-electron chi connectivity index (χ0n) is 9.47. The summed E-state index contributed by atoms with van der Waals surface area (Å²) in [5, 5.41) is 3.46. The Morgan fingerprint density at radius 1 is 1.46 bits per heavy atom. The topological polar surface area (TPSA) is 24.5 Å². The molecular weight excluding hydrogens is 164 g/mol. The summed E-state index contributed by atoms with van der Waals surface area (Å²) in [5.74, 6) is 0. The Bertz CT molecular complexity index is 109. The maximum Gasteiger partial charge on any atom is 0.0476 e. The van der Waals surface area contributed by atoms with Crippen molar-refractivity contribution in [3.8, 4) is 0 Å². The van der Waals surface area contributed by atoms with E-state index in [0.717, 1.165) is 32.7 Å². The molecule has 0 amide bonds. The van der Waals surface area contributed by atoms with Gasteiger partial charge in [0.25, 0.3) is 0 Å². The molecule has 0 heterocycles. The SMILES string of the molecule is CCN(C)CCNC(C)CCOC. The van der Waals surface area contributed by atoms with Gasteiger partial charge in [0.2, 0.25) is 0 Å². The molecule has 0 aromatic carbocycles. The van der Waals surface area contributed by atoms with E-state index in [9.17, 15) is 0 Å². The van der Waals surface area contributed by atoms with Crippen LogP contribution in [0.3, 0.4) is 0 Å². The fourth-order valence-electron chi connectivity index (χ4n) is 1.06. The van der Waals surface area contributed by atoms with Crippen molar-refractivity contribution in [3.05, 3.63) is 0 Å². The van der Waals surface area contributed by atoms with Crippen molar-refractivity contribution < 1.29 is 4.74 Å². The van der Waals surface area contributed by atoms with Crippen molar-refractivity contribution in [1.29, 1.82) is 0 Å². The first kappa shape index (κ1) is 12.9. The van der Waals surface area contributed by atoms with E-state index in [4.69, 9.17) is 4.74 Å². The van der Waals surface area contributed by atoms with Crippen LogP contribution in [0.25, 0.3) is 0 Å². The molecule has 0 bridgehead atoms. The molecule has 0 aliphatic heterocycles. The van der Waals surface area contributed by atoms with Crippen molar-refractivity contribution in [1.82, 2.24) is 10.2 Å². The minimum atomic E-state index is 0.560. The van der Waals surface area contributed by atoms with Gasteiger partial charge in [-0.05, 0) is 26.9 Å². The van der Waals surface area contributed by atoms with Crippen molar-refractivity contribution in [2.24, 2.45) is 0 Å². The van der Waals surface area contributed by atoms with Crippen LogP contribution in [-0.2, 0) is 4.74 Å². The van der Waals surface area contributed by atoms with E-state index in [1.165, 1.54) is 0 Å². The molecule has 0 aliphatic rings. The lowest BCUT2D eigenvalue weighted by molar-refractivity contribution is 0.184. The van der Waals surface area contributed by atoms with Crippen molar-refractivity contribution in [2.75, 3.05) is 40.4 Å². The van der Waals surface area contributed by atoms with Crippen molar-refractivity contribution in [3.63, 3.8) is 0 Å². The molecule has 3 nitrogen and oxygen atoms in total. The highest BCUT2D eigenvalue weighted by atomic mass is 16.5. The van der Waals surface area contributed by atoms with E-state index in [2.05, 4.69) is 31.1 Å². The standard InChI is InChI=1S/C10H24N2O/c1-5-12(3)8-7-11-10(2)6-9-13-4/h10-11H,5-9H2,1-4H3. The van der Waals surface area contributed by atoms with E-state index in [-0.39, 0.29) is 0 Å². The number of rotatable bonds is 8. The van der Waals surface area contributed by atoms with E-state index in [0.29, 0.717) is 6.04 Å². The summed E-state index contributed by atoms with van der Waals surface area (Å²) in [6.07, 6.45) is 1.09. The summed E-state index contributed by atoms with van der Waals surface area (Å²) in [6, 6.07) is 0.560. The summed E-state index contributed by atoms with van der Waals surface area (Å²) < 4.78 is 5.01. The first-order valence-electron chi connectivity index (χ1n) is 5.11. The fraction of sp³-hybridized carbons (Fsp3) is 1.00. The maximum atomic E-state index is 5.01. The minimum Gasteiger partial charge on any atom is -0.385 e. The Morgan fingerprint density at radius 2 is 2.15 bits per heavy atom. The predicted molar refractivity (Wildman–Crippen MR) is 57.1 cm³/mol. The second kappa shape index (κ2) is 8.48. The van der Waals surface area contributed by atoms with Crippen molar-refractivity contribution in [2.45, 2.75) is 26.3 Å². The number of likely N-dealkylation sites (N-methyl/N-ethyl adjacent to an activating group) is 1. The highest BCUT2D eigenvalue weighted by Crippen LogP contribution is 1.90. The number of ether oxygens (including phenoxy) is 1. The monoisotopic (exact) mass is 188 g/mol. The quantitative estimate of drug-likeness (QED) is 0.614. The summed E-state index contributed by atoms with van der Waals surface area (Å²) in [4.78, 5) is 2.30. The molecule has 0 saturated carbocycles. The van der Waals surface area contributed by atoms with Gasteiger partial charge in [0.15, 0.2) is 0 Å². The summed E-state index contributed by atoms with van der Waals surface area (Å²) in [5.41, 5.74) is 0. The molecule has 1 N–H and O–H groups in total. The van der Waals surface area contributed by atoms with Gasteiger partial charge in [-0.25, -0.2) is 0 Å². The number of hydrogen-bond donors (Lipinski definition) is 1. The molecule has 0 radical (unpaired) electrons. The number of hydrogen-bond acceptors (Lipinski definition) is 3.